The molecule has 1 aromatic carbocycles. The third kappa shape index (κ3) is 1.77. The van der Waals surface area contributed by atoms with Crippen LogP contribution in [0.2, 0.25) is 0 Å². The standard InChI is InChI=1S/C13H10N2O3S/c14-11-10-7-4-8-15-12(10)18-13(11)19(16,17)9-5-2-1-3-6-9/h1-8H,14H2. The van der Waals surface area contributed by atoms with Gasteiger partial charge in [0, 0.05) is 6.20 Å². The van der Waals surface area contributed by atoms with Crippen molar-refractivity contribution in [2.45, 2.75) is 9.99 Å². The summed E-state index contributed by atoms with van der Waals surface area (Å²) >= 11 is 0. The van der Waals surface area contributed by atoms with E-state index in [1.807, 2.05) is 0 Å². The molecule has 0 aliphatic carbocycles. The zero-order valence-electron chi connectivity index (χ0n) is 9.78. The van der Waals surface area contributed by atoms with Gasteiger partial charge >= 0.3 is 0 Å². The maximum absolute atomic E-state index is 12.4. The van der Waals surface area contributed by atoms with E-state index in [0.717, 1.165) is 0 Å². The third-order valence-electron chi connectivity index (χ3n) is 2.77. The molecule has 96 valence electrons. The minimum atomic E-state index is -3.76. The van der Waals surface area contributed by atoms with Gasteiger partial charge in [-0.05, 0) is 24.3 Å². The molecule has 0 aliphatic heterocycles. The van der Waals surface area contributed by atoms with E-state index in [1.165, 1.54) is 18.3 Å². The number of hydrogen-bond acceptors (Lipinski definition) is 5. The zero-order chi connectivity index (χ0) is 13.5. The second kappa shape index (κ2) is 4.10. The Morgan fingerprint density at radius 1 is 1.05 bits per heavy atom. The van der Waals surface area contributed by atoms with Gasteiger partial charge < -0.3 is 10.2 Å². The Kier molecular flexibility index (Phi) is 2.53. The predicted octanol–water partition coefficient (Wildman–Crippen LogP) is 2.24. The SMILES string of the molecule is Nc1c(S(=O)(=O)c2ccccc2)oc2ncccc12. The summed E-state index contributed by atoms with van der Waals surface area (Å²) in [6, 6.07) is 11.4. The first-order valence-electron chi connectivity index (χ1n) is 5.54. The van der Waals surface area contributed by atoms with Gasteiger partial charge in [-0.15, -0.1) is 0 Å². The van der Waals surface area contributed by atoms with E-state index in [-0.39, 0.29) is 21.4 Å². The van der Waals surface area contributed by atoms with Crippen LogP contribution in [0.15, 0.2) is 63.1 Å². The van der Waals surface area contributed by atoms with Gasteiger partial charge in [0.15, 0.2) is 0 Å². The Hall–Kier alpha value is -2.34. The van der Waals surface area contributed by atoms with Gasteiger partial charge in [-0.2, -0.15) is 0 Å². The third-order valence-corrected chi connectivity index (χ3v) is 4.45. The second-order valence-corrected chi connectivity index (χ2v) is 5.82. The molecular weight excluding hydrogens is 264 g/mol. The van der Waals surface area contributed by atoms with Crippen molar-refractivity contribution >= 4 is 26.6 Å². The molecule has 0 spiro atoms. The number of furan rings is 1. The summed E-state index contributed by atoms with van der Waals surface area (Å²) in [6.07, 6.45) is 1.52. The fourth-order valence-electron chi connectivity index (χ4n) is 1.84. The molecule has 0 aliphatic rings. The molecule has 3 aromatic rings. The first-order chi connectivity index (χ1) is 9.10. The Balaban J connectivity index is 2.28. The summed E-state index contributed by atoms with van der Waals surface area (Å²) in [5.74, 6) is 0. The number of nitrogen functional groups attached to an aromatic ring is 1. The lowest BCUT2D eigenvalue weighted by Gasteiger charge is -2.01. The Morgan fingerprint density at radius 2 is 1.79 bits per heavy atom. The van der Waals surface area contributed by atoms with Gasteiger partial charge in [0.1, 0.15) is 5.69 Å². The quantitative estimate of drug-likeness (QED) is 0.774. The number of sulfone groups is 1. The van der Waals surface area contributed by atoms with Crippen LogP contribution in [0.25, 0.3) is 11.1 Å². The van der Waals surface area contributed by atoms with Crippen molar-refractivity contribution in [2.24, 2.45) is 0 Å². The molecule has 19 heavy (non-hydrogen) atoms. The molecule has 2 N–H and O–H groups in total. The van der Waals surface area contributed by atoms with Gasteiger partial charge in [0.2, 0.25) is 20.6 Å². The van der Waals surface area contributed by atoms with E-state index in [2.05, 4.69) is 4.98 Å². The highest BCUT2D eigenvalue weighted by molar-refractivity contribution is 7.91. The number of aromatic nitrogens is 1. The lowest BCUT2D eigenvalue weighted by atomic mass is 10.3. The smallest absolute Gasteiger partial charge is 0.248 e. The summed E-state index contributed by atoms with van der Waals surface area (Å²) in [4.78, 5) is 4.10. The Labute approximate surface area is 109 Å². The number of fused-ring (bicyclic) bond motifs is 1. The van der Waals surface area contributed by atoms with Gasteiger partial charge in [0.05, 0.1) is 10.3 Å². The van der Waals surface area contributed by atoms with Gasteiger partial charge in [-0.1, -0.05) is 18.2 Å². The minimum Gasteiger partial charge on any atom is -0.424 e. The minimum absolute atomic E-state index is 0.0898. The number of rotatable bonds is 2. The summed E-state index contributed by atoms with van der Waals surface area (Å²) < 4.78 is 30.1. The largest absolute Gasteiger partial charge is 0.424 e. The number of hydrogen-bond donors (Lipinski definition) is 1. The highest BCUT2D eigenvalue weighted by Crippen LogP contribution is 2.33. The molecule has 2 aromatic heterocycles. The summed E-state index contributed by atoms with van der Waals surface area (Å²) in [7, 11) is -3.76. The molecule has 0 bridgehead atoms. The van der Waals surface area contributed by atoms with Crippen molar-refractivity contribution in [1.29, 1.82) is 0 Å². The van der Waals surface area contributed by atoms with Crippen LogP contribution >= 0.6 is 0 Å². The van der Waals surface area contributed by atoms with E-state index >= 15 is 0 Å². The molecular formula is C13H10N2O3S. The van der Waals surface area contributed by atoms with Gasteiger partial charge in [-0.3, -0.25) is 0 Å². The van der Waals surface area contributed by atoms with E-state index < -0.39 is 9.84 Å². The van der Waals surface area contributed by atoms with Crippen LogP contribution in [-0.2, 0) is 9.84 Å². The summed E-state index contributed by atoms with van der Waals surface area (Å²) in [5, 5.41) is 0.240. The molecule has 0 radical (unpaired) electrons. The lowest BCUT2D eigenvalue weighted by Crippen LogP contribution is -2.03. The van der Waals surface area contributed by atoms with Crippen LogP contribution in [-0.4, -0.2) is 13.4 Å². The normalized spacial score (nSPS) is 11.8. The molecule has 0 saturated carbocycles. The number of pyridine rings is 1. The highest BCUT2D eigenvalue weighted by atomic mass is 32.2. The number of anilines is 1. The zero-order valence-corrected chi connectivity index (χ0v) is 10.6. The van der Waals surface area contributed by atoms with Crippen molar-refractivity contribution in [2.75, 3.05) is 5.73 Å². The van der Waals surface area contributed by atoms with Crippen molar-refractivity contribution in [3.05, 3.63) is 48.7 Å². The number of benzene rings is 1. The average Bonchev–Trinajstić information content (AvgIpc) is 2.78. The van der Waals surface area contributed by atoms with Crippen LogP contribution < -0.4 is 5.73 Å². The van der Waals surface area contributed by atoms with Crippen LogP contribution in [0.4, 0.5) is 5.69 Å². The predicted molar refractivity (Wildman–Crippen MR) is 70.3 cm³/mol. The van der Waals surface area contributed by atoms with Crippen LogP contribution in [0.5, 0.6) is 0 Å². The van der Waals surface area contributed by atoms with Crippen LogP contribution in [0, 0.1) is 0 Å². The molecule has 3 rings (SSSR count). The lowest BCUT2D eigenvalue weighted by molar-refractivity contribution is 0.478. The van der Waals surface area contributed by atoms with Crippen molar-refractivity contribution in [3.63, 3.8) is 0 Å². The highest BCUT2D eigenvalue weighted by Gasteiger charge is 2.26. The second-order valence-electron chi connectivity index (χ2n) is 3.98. The first kappa shape index (κ1) is 11.7. The molecule has 0 fully saturated rings. The van der Waals surface area contributed by atoms with Crippen molar-refractivity contribution < 1.29 is 12.8 Å². The number of nitrogens with two attached hydrogens (primary N) is 1. The molecule has 6 heteroatoms. The first-order valence-corrected chi connectivity index (χ1v) is 7.02. The Bertz CT molecular complexity index is 839. The van der Waals surface area contributed by atoms with E-state index in [1.54, 1.807) is 30.3 Å². The molecule has 2 heterocycles. The number of nitrogens with zero attached hydrogens (tertiary/aromatic N) is 1. The average molecular weight is 274 g/mol. The summed E-state index contributed by atoms with van der Waals surface area (Å²) in [6.45, 7) is 0. The van der Waals surface area contributed by atoms with Crippen molar-refractivity contribution in [1.82, 2.24) is 4.98 Å². The van der Waals surface area contributed by atoms with Gasteiger partial charge in [-0.25, -0.2) is 13.4 Å². The summed E-state index contributed by atoms with van der Waals surface area (Å²) in [5.41, 5.74) is 6.16. The monoisotopic (exact) mass is 274 g/mol. The fourth-order valence-corrected chi connectivity index (χ4v) is 3.15. The fraction of sp³-hybridized carbons (Fsp3) is 0. The van der Waals surface area contributed by atoms with E-state index in [9.17, 15) is 8.42 Å². The van der Waals surface area contributed by atoms with Gasteiger partial charge in [0.25, 0.3) is 0 Å². The molecule has 0 unspecified atom stereocenters. The van der Waals surface area contributed by atoms with E-state index in [4.69, 9.17) is 10.2 Å². The van der Waals surface area contributed by atoms with Crippen LogP contribution in [0.1, 0.15) is 0 Å². The topological polar surface area (TPSA) is 86.2 Å². The van der Waals surface area contributed by atoms with Crippen LogP contribution in [0.3, 0.4) is 0 Å². The molecule has 5 nitrogen and oxygen atoms in total. The Morgan fingerprint density at radius 3 is 2.47 bits per heavy atom. The maximum Gasteiger partial charge on any atom is 0.248 e. The maximum atomic E-state index is 12.4. The molecule has 0 saturated heterocycles. The molecule has 0 atom stereocenters. The van der Waals surface area contributed by atoms with E-state index in [0.29, 0.717) is 5.39 Å². The molecule has 0 amide bonds. The van der Waals surface area contributed by atoms with Crippen molar-refractivity contribution in [3.8, 4) is 0 Å².